The molecule has 28 heavy (non-hydrogen) atoms. The molecule has 1 atom stereocenters. The molecule has 2 aromatic rings. The fourth-order valence-electron chi connectivity index (χ4n) is 3.23. The van der Waals surface area contributed by atoms with E-state index in [0.717, 1.165) is 11.1 Å². The predicted octanol–water partition coefficient (Wildman–Crippen LogP) is 3.91. The maximum Gasteiger partial charge on any atom is 0.264 e. The summed E-state index contributed by atoms with van der Waals surface area (Å²) in [5, 5.41) is 2.86. The van der Waals surface area contributed by atoms with Crippen LogP contribution < -0.4 is 10.1 Å². The first-order valence-corrected chi connectivity index (χ1v) is 9.51. The third-order valence-electron chi connectivity index (χ3n) is 4.78. The van der Waals surface area contributed by atoms with Gasteiger partial charge in [0.1, 0.15) is 11.6 Å². The summed E-state index contributed by atoms with van der Waals surface area (Å²) >= 11 is 0. The fraction of sp³-hybridized carbons (Fsp3) is 0.364. The van der Waals surface area contributed by atoms with Crippen LogP contribution in [-0.4, -0.2) is 28.9 Å². The van der Waals surface area contributed by atoms with Crippen LogP contribution in [0.15, 0.2) is 42.5 Å². The van der Waals surface area contributed by atoms with Crippen LogP contribution in [-0.2, 0) is 22.6 Å². The van der Waals surface area contributed by atoms with E-state index in [4.69, 9.17) is 4.74 Å². The summed E-state index contributed by atoms with van der Waals surface area (Å²) in [7, 11) is 0. The highest BCUT2D eigenvalue weighted by Crippen LogP contribution is 2.30. The number of anilines is 1. The normalized spacial score (nSPS) is 16.4. The van der Waals surface area contributed by atoms with Gasteiger partial charge in [0.05, 0.1) is 6.42 Å². The second-order valence-corrected chi connectivity index (χ2v) is 7.25. The lowest BCUT2D eigenvalue weighted by Crippen LogP contribution is -2.42. The van der Waals surface area contributed by atoms with Crippen molar-refractivity contribution in [2.24, 2.45) is 0 Å². The molecule has 2 amide bonds. The minimum absolute atomic E-state index is 0.0180. The van der Waals surface area contributed by atoms with E-state index in [1.165, 1.54) is 12.1 Å². The smallest absolute Gasteiger partial charge is 0.264 e. The highest BCUT2D eigenvalue weighted by Gasteiger charge is 2.31. The molecule has 3 rings (SSSR count). The lowest BCUT2D eigenvalue weighted by atomic mass is 10.1. The average Bonchev–Trinajstić information content (AvgIpc) is 2.80. The SMILES string of the molecule is CCC1Oc2ccc(NC(=O)Cc3ccc(F)cc3)cc2CN(C(C)C)C1=O. The van der Waals surface area contributed by atoms with Crippen molar-refractivity contribution in [2.45, 2.75) is 52.3 Å². The number of benzene rings is 2. The molecule has 1 aliphatic rings. The summed E-state index contributed by atoms with van der Waals surface area (Å²) in [6.07, 6.45) is 0.252. The Balaban J connectivity index is 1.77. The highest BCUT2D eigenvalue weighted by atomic mass is 19.1. The number of carbonyl (C=O) groups is 2. The summed E-state index contributed by atoms with van der Waals surface area (Å²) in [5.41, 5.74) is 2.23. The van der Waals surface area contributed by atoms with E-state index >= 15 is 0 Å². The van der Waals surface area contributed by atoms with Gasteiger partial charge in [-0.15, -0.1) is 0 Å². The van der Waals surface area contributed by atoms with Gasteiger partial charge >= 0.3 is 0 Å². The first-order chi connectivity index (χ1) is 13.4. The molecule has 0 spiro atoms. The Morgan fingerprint density at radius 1 is 1.25 bits per heavy atom. The number of carbonyl (C=O) groups excluding carboxylic acids is 2. The Morgan fingerprint density at radius 3 is 2.61 bits per heavy atom. The van der Waals surface area contributed by atoms with Crippen LogP contribution in [0.2, 0.25) is 0 Å². The Morgan fingerprint density at radius 2 is 1.96 bits per heavy atom. The summed E-state index contributed by atoms with van der Waals surface area (Å²) in [6, 6.07) is 11.3. The monoisotopic (exact) mass is 384 g/mol. The zero-order valence-corrected chi connectivity index (χ0v) is 16.4. The van der Waals surface area contributed by atoms with Crippen molar-refractivity contribution >= 4 is 17.5 Å². The summed E-state index contributed by atoms with van der Waals surface area (Å²) in [6.45, 7) is 6.31. The quantitative estimate of drug-likeness (QED) is 0.850. The van der Waals surface area contributed by atoms with Gasteiger partial charge in [-0.25, -0.2) is 4.39 Å². The number of fused-ring (bicyclic) bond motifs is 1. The molecule has 0 bridgehead atoms. The molecular weight excluding hydrogens is 359 g/mol. The Hall–Kier alpha value is -2.89. The summed E-state index contributed by atoms with van der Waals surface area (Å²) in [4.78, 5) is 26.8. The maximum atomic E-state index is 13.0. The standard InChI is InChI=1S/C22H25FN2O3/c1-4-19-22(27)25(14(2)3)13-16-12-18(9-10-20(16)28-19)24-21(26)11-15-5-7-17(23)8-6-15/h5-10,12,14,19H,4,11,13H2,1-3H3,(H,24,26). The molecule has 148 valence electrons. The van der Waals surface area contributed by atoms with Gasteiger partial charge in [0.15, 0.2) is 6.10 Å². The van der Waals surface area contributed by atoms with E-state index in [1.54, 1.807) is 29.2 Å². The van der Waals surface area contributed by atoms with Gasteiger partial charge in [0.25, 0.3) is 5.91 Å². The topological polar surface area (TPSA) is 58.6 Å². The molecule has 1 unspecified atom stereocenters. The molecule has 0 radical (unpaired) electrons. The Labute approximate surface area is 164 Å². The van der Waals surface area contributed by atoms with Crippen molar-refractivity contribution in [1.29, 1.82) is 0 Å². The average molecular weight is 384 g/mol. The number of amides is 2. The number of hydrogen-bond donors (Lipinski definition) is 1. The lowest BCUT2D eigenvalue weighted by Gasteiger charge is -2.27. The number of ether oxygens (including phenoxy) is 1. The number of halogens is 1. The molecule has 0 saturated heterocycles. The number of nitrogens with one attached hydrogen (secondary N) is 1. The maximum absolute atomic E-state index is 13.0. The Bertz CT molecular complexity index is 865. The highest BCUT2D eigenvalue weighted by molar-refractivity contribution is 5.92. The third kappa shape index (κ3) is 4.50. The number of rotatable bonds is 5. The summed E-state index contributed by atoms with van der Waals surface area (Å²) < 4.78 is 18.9. The van der Waals surface area contributed by atoms with Crippen molar-refractivity contribution in [1.82, 2.24) is 4.90 Å². The van der Waals surface area contributed by atoms with Crippen LogP contribution in [0, 0.1) is 5.82 Å². The van der Waals surface area contributed by atoms with Gasteiger partial charge in [-0.2, -0.15) is 0 Å². The predicted molar refractivity (Wildman–Crippen MR) is 106 cm³/mol. The molecule has 6 heteroatoms. The molecule has 5 nitrogen and oxygen atoms in total. The van der Waals surface area contributed by atoms with Crippen LogP contribution in [0.25, 0.3) is 0 Å². The van der Waals surface area contributed by atoms with Gasteiger partial charge in [-0.1, -0.05) is 19.1 Å². The van der Waals surface area contributed by atoms with E-state index in [0.29, 0.717) is 24.4 Å². The van der Waals surface area contributed by atoms with Crippen molar-refractivity contribution in [3.63, 3.8) is 0 Å². The minimum Gasteiger partial charge on any atom is -0.480 e. The van der Waals surface area contributed by atoms with Crippen molar-refractivity contribution in [3.8, 4) is 5.75 Å². The first-order valence-electron chi connectivity index (χ1n) is 9.51. The van der Waals surface area contributed by atoms with Gasteiger partial charge in [0.2, 0.25) is 5.91 Å². The van der Waals surface area contributed by atoms with Gasteiger partial charge < -0.3 is 15.0 Å². The Kier molecular flexibility index (Phi) is 5.97. The molecule has 2 aromatic carbocycles. The molecule has 1 aliphatic heterocycles. The molecule has 0 aromatic heterocycles. The lowest BCUT2D eigenvalue weighted by molar-refractivity contribution is -0.140. The molecule has 0 aliphatic carbocycles. The van der Waals surface area contributed by atoms with Gasteiger partial charge in [-0.3, -0.25) is 9.59 Å². The molecule has 1 N–H and O–H groups in total. The van der Waals surface area contributed by atoms with Gasteiger partial charge in [-0.05, 0) is 56.2 Å². The molecule has 0 fully saturated rings. The van der Waals surface area contributed by atoms with Crippen molar-refractivity contribution < 1.29 is 18.7 Å². The number of nitrogens with zero attached hydrogens (tertiary/aromatic N) is 1. The fourth-order valence-corrected chi connectivity index (χ4v) is 3.23. The largest absolute Gasteiger partial charge is 0.480 e. The zero-order chi connectivity index (χ0) is 20.3. The van der Waals surface area contributed by atoms with E-state index in [-0.39, 0.29) is 30.1 Å². The van der Waals surface area contributed by atoms with Crippen LogP contribution in [0.3, 0.4) is 0 Å². The molecule has 0 saturated carbocycles. The van der Waals surface area contributed by atoms with Crippen LogP contribution in [0.4, 0.5) is 10.1 Å². The second kappa shape index (κ2) is 8.42. The molecular formula is C22H25FN2O3. The first kappa shape index (κ1) is 19.9. The van der Waals surface area contributed by atoms with Crippen LogP contribution in [0.5, 0.6) is 5.75 Å². The molecule has 1 heterocycles. The summed E-state index contributed by atoms with van der Waals surface area (Å²) in [5.74, 6) is 0.129. The van der Waals surface area contributed by atoms with Crippen LogP contribution in [0.1, 0.15) is 38.3 Å². The van der Waals surface area contributed by atoms with Crippen LogP contribution >= 0.6 is 0 Å². The second-order valence-electron chi connectivity index (χ2n) is 7.25. The number of hydrogen-bond acceptors (Lipinski definition) is 3. The van der Waals surface area contributed by atoms with E-state index in [1.807, 2.05) is 26.8 Å². The zero-order valence-electron chi connectivity index (χ0n) is 16.4. The van der Waals surface area contributed by atoms with E-state index in [2.05, 4.69) is 5.32 Å². The van der Waals surface area contributed by atoms with Crippen molar-refractivity contribution in [3.05, 3.63) is 59.4 Å². The van der Waals surface area contributed by atoms with Gasteiger partial charge in [0, 0.05) is 23.8 Å². The minimum atomic E-state index is -0.498. The van der Waals surface area contributed by atoms with E-state index < -0.39 is 6.10 Å². The third-order valence-corrected chi connectivity index (χ3v) is 4.78. The van der Waals surface area contributed by atoms with Crippen molar-refractivity contribution in [2.75, 3.05) is 5.32 Å². The van der Waals surface area contributed by atoms with E-state index in [9.17, 15) is 14.0 Å².